The first kappa shape index (κ1) is 17.6. The van der Waals surface area contributed by atoms with E-state index in [0.717, 1.165) is 31.5 Å². The molecule has 2 unspecified atom stereocenters. The smallest absolute Gasteiger partial charge is 0.227 e. The van der Waals surface area contributed by atoms with Crippen LogP contribution in [0.5, 0.6) is 0 Å². The molecule has 132 valence electrons. The first-order chi connectivity index (χ1) is 11.1. The van der Waals surface area contributed by atoms with Crippen LogP contribution in [0.2, 0.25) is 0 Å². The molecule has 0 radical (unpaired) electrons. The standard InChI is InChI=1S/C19H27N3O.ClH/c1-22-8-7-12-5-6-16(11-17(12)22)21-19(23)15-9-13-3-2-4-14(10-15)18(13)20;/h5-6,11,13-15,18H,2-4,7-10,20H2,1H3,(H,21,23);1H. The van der Waals surface area contributed by atoms with E-state index in [9.17, 15) is 4.79 Å². The largest absolute Gasteiger partial charge is 0.374 e. The minimum atomic E-state index is 0. The second kappa shape index (κ2) is 6.93. The van der Waals surface area contributed by atoms with E-state index < -0.39 is 0 Å². The van der Waals surface area contributed by atoms with E-state index in [1.807, 2.05) is 6.07 Å². The van der Waals surface area contributed by atoms with Gasteiger partial charge in [0.25, 0.3) is 0 Å². The fourth-order valence-electron chi connectivity index (χ4n) is 4.86. The number of nitrogens with zero attached hydrogens (tertiary/aromatic N) is 1. The molecule has 1 aromatic carbocycles. The monoisotopic (exact) mass is 349 g/mol. The highest BCUT2D eigenvalue weighted by Gasteiger charge is 2.40. The summed E-state index contributed by atoms with van der Waals surface area (Å²) in [5.41, 5.74) is 9.90. The third-order valence-electron chi connectivity index (χ3n) is 6.26. The van der Waals surface area contributed by atoms with Gasteiger partial charge in [-0.25, -0.2) is 0 Å². The highest BCUT2D eigenvalue weighted by molar-refractivity contribution is 5.93. The number of anilines is 2. The predicted molar refractivity (Wildman–Crippen MR) is 101 cm³/mol. The number of carbonyl (C=O) groups is 1. The van der Waals surface area contributed by atoms with Crippen molar-refractivity contribution in [3.05, 3.63) is 23.8 Å². The van der Waals surface area contributed by atoms with Crippen LogP contribution in [0, 0.1) is 17.8 Å². The van der Waals surface area contributed by atoms with Gasteiger partial charge < -0.3 is 16.0 Å². The third kappa shape index (κ3) is 3.14. The van der Waals surface area contributed by atoms with Crippen molar-refractivity contribution in [3.63, 3.8) is 0 Å². The fraction of sp³-hybridized carbons (Fsp3) is 0.632. The summed E-state index contributed by atoms with van der Waals surface area (Å²) in [4.78, 5) is 15.0. The second-order valence-corrected chi connectivity index (χ2v) is 7.70. The van der Waals surface area contributed by atoms with E-state index in [2.05, 4.69) is 29.4 Å². The van der Waals surface area contributed by atoms with Gasteiger partial charge in [-0.2, -0.15) is 0 Å². The number of hydrogen-bond acceptors (Lipinski definition) is 3. The molecular formula is C19H28ClN3O. The van der Waals surface area contributed by atoms with Crippen molar-refractivity contribution < 1.29 is 4.79 Å². The maximum atomic E-state index is 12.7. The number of nitrogens with one attached hydrogen (secondary N) is 1. The summed E-state index contributed by atoms with van der Waals surface area (Å²) in [7, 11) is 2.11. The summed E-state index contributed by atoms with van der Waals surface area (Å²) in [6.07, 6.45) is 6.72. The van der Waals surface area contributed by atoms with E-state index in [4.69, 9.17) is 5.73 Å². The number of likely N-dealkylation sites (N-methyl/N-ethyl adjacent to an activating group) is 1. The zero-order valence-corrected chi connectivity index (χ0v) is 15.1. The number of halogens is 1. The zero-order valence-electron chi connectivity index (χ0n) is 14.3. The molecule has 1 aliphatic heterocycles. The number of hydrogen-bond donors (Lipinski definition) is 2. The van der Waals surface area contributed by atoms with Gasteiger partial charge in [0.05, 0.1) is 0 Å². The lowest BCUT2D eigenvalue weighted by molar-refractivity contribution is -0.122. The van der Waals surface area contributed by atoms with Gasteiger partial charge in [0.1, 0.15) is 0 Å². The van der Waals surface area contributed by atoms with Crippen molar-refractivity contribution >= 4 is 29.7 Å². The van der Waals surface area contributed by atoms with Crippen LogP contribution in [0.4, 0.5) is 11.4 Å². The molecule has 5 heteroatoms. The van der Waals surface area contributed by atoms with Gasteiger partial charge in [-0.15, -0.1) is 12.4 Å². The fourth-order valence-corrected chi connectivity index (χ4v) is 4.86. The number of amides is 1. The van der Waals surface area contributed by atoms with Crippen LogP contribution in [0.25, 0.3) is 0 Å². The van der Waals surface area contributed by atoms with Crippen LogP contribution in [0.1, 0.15) is 37.7 Å². The van der Waals surface area contributed by atoms with Crippen LogP contribution < -0.4 is 16.0 Å². The second-order valence-electron chi connectivity index (χ2n) is 7.70. The van der Waals surface area contributed by atoms with Gasteiger partial charge in [-0.05, 0) is 61.6 Å². The minimum Gasteiger partial charge on any atom is -0.374 e. The maximum absolute atomic E-state index is 12.7. The molecule has 1 heterocycles. The average Bonchev–Trinajstić information content (AvgIpc) is 2.88. The normalized spacial score (nSPS) is 31.2. The number of rotatable bonds is 2. The Morgan fingerprint density at radius 1 is 1.25 bits per heavy atom. The molecule has 2 fully saturated rings. The summed E-state index contributed by atoms with van der Waals surface area (Å²) in [6, 6.07) is 6.64. The summed E-state index contributed by atoms with van der Waals surface area (Å²) in [5, 5.41) is 3.16. The molecule has 0 aromatic heterocycles. The average molecular weight is 350 g/mol. The summed E-state index contributed by atoms with van der Waals surface area (Å²) < 4.78 is 0. The Labute approximate surface area is 150 Å². The molecular weight excluding hydrogens is 322 g/mol. The van der Waals surface area contributed by atoms with Gasteiger partial charge in [-0.1, -0.05) is 12.5 Å². The lowest BCUT2D eigenvalue weighted by Crippen LogP contribution is -2.48. The first-order valence-corrected chi connectivity index (χ1v) is 9.02. The zero-order chi connectivity index (χ0) is 16.0. The van der Waals surface area contributed by atoms with Crippen molar-refractivity contribution in [2.75, 3.05) is 23.8 Å². The Balaban J connectivity index is 0.00000169. The lowest BCUT2D eigenvalue weighted by atomic mass is 9.65. The number of benzene rings is 1. The Kier molecular flexibility index (Phi) is 5.07. The van der Waals surface area contributed by atoms with Crippen LogP contribution in [-0.4, -0.2) is 25.5 Å². The van der Waals surface area contributed by atoms with Crippen LogP contribution in [0.15, 0.2) is 18.2 Å². The lowest BCUT2D eigenvalue weighted by Gasteiger charge is -2.43. The summed E-state index contributed by atoms with van der Waals surface area (Å²) in [5.74, 6) is 1.42. The summed E-state index contributed by atoms with van der Waals surface area (Å²) in [6.45, 7) is 1.07. The number of carbonyl (C=O) groups excluding carboxylic acids is 1. The highest BCUT2D eigenvalue weighted by Crippen LogP contribution is 2.42. The molecule has 0 saturated heterocycles. The molecule has 2 atom stereocenters. The Bertz CT molecular complexity index is 607. The molecule has 3 aliphatic rings. The van der Waals surface area contributed by atoms with E-state index in [1.54, 1.807) is 0 Å². The van der Waals surface area contributed by atoms with Crippen LogP contribution in [0.3, 0.4) is 0 Å². The van der Waals surface area contributed by atoms with Crippen molar-refractivity contribution in [1.29, 1.82) is 0 Å². The van der Waals surface area contributed by atoms with E-state index in [1.165, 1.54) is 30.5 Å². The molecule has 2 saturated carbocycles. The molecule has 4 nitrogen and oxygen atoms in total. The van der Waals surface area contributed by atoms with Crippen molar-refractivity contribution in [1.82, 2.24) is 0 Å². The molecule has 0 spiro atoms. The molecule has 1 amide bonds. The molecule has 1 aromatic rings. The topological polar surface area (TPSA) is 58.4 Å². The Morgan fingerprint density at radius 3 is 2.67 bits per heavy atom. The quantitative estimate of drug-likeness (QED) is 0.862. The molecule has 24 heavy (non-hydrogen) atoms. The Hall–Kier alpha value is -1.26. The van der Waals surface area contributed by atoms with Crippen molar-refractivity contribution in [2.45, 2.75) is 44.6 Å². The van der Waals surface area contributed by atoms with Crippen LogP contribution >= 0.6 is 12.4 Å². The van der Waals surface area contributed by atoms with E-state index in [-0.39, 0.29) is 24.2 Å². The molecule has 2 aliphatic carbocycles. The molecule has 2 bridgehead atoms. The van der Waals surface area contributed by atoms with Crippen molar-refractivity contribution in [2.24, 2.45) is 23.5 Å². The van der Waals surface area contributed by atoms with Crippen molar-refractivity contribution in [3.8, 4) is 0 Å². The van der Waals surface area contributed by atoms with Gasteiger partial charge >= 0.3 is 0 Å². The van der Waals surface area contributed by atoms with Gasteiger partial charge in [-0.3, -0.25) is 4.79 Å². The third-order valence-corrected chi connectivity index (χ3v) is 6.26. The highest BCUT2D eigenvalue weighted by atomic mass is 35.5. The predicted octanol–water partition coefficient (Wildman–Crippen LogP) is 3.19. The molecule has 3 N–H and O–H groups in total. The van der Waals surface area contributed by atoms with E-state index in [0.29, 0.717) is 17.9 Å². The summed E-state index contributed by atoms with van der Waals surface area (Å²) >= 11 is 0. The van der Waals surface area contributed by atoms with E-state index >= 15 is 0 Å². The maximum Gasteiger partial charge on any atom is 0.227 e. The Morgan fingerprint density at radius 2 is 1.96 bits per heavy atom. The number of fused-ring (bicyclic) bond motifs is 3. The number of nitrogens with two attached hydrogens (primary N) is 1. The van der Waals surface area contributed by atoms with Gasteiger partial charge in [0.2, 0.25) is 5.91 Å². The van der Waals surface area contributed by atoms with Gasteiger partial charge in [0.15, 0.2) is 0 Å². The van der Waals surface area contributed by atoms with Gasteiger partial charge in [0, 0.05) is 36.9 Å². The minimum absolute atomic E-state index is 0. The van der Waals surface area contributed by atoms with Crippen LogP contribution in [-0.2, 0) is 11.2 Å². The SMILES string of the molecule is CN1CCc2ccc(NC(=O)C3CC4CCCC(C3)C4N)cc21.Cl. The first-order valence-electron chi connectivity index (χ1n) is 9.02. The molecule has 4 rings (SSSR count).